The van der Waals surface area contributed by atoms with Crippen molar-refractivity contribution in [2.75, 3.05) is 13.6 Å². The third kappa shape index (κ3) is 4.99. The Morgan fingerprint density at radius 2 is 0.944 bits per heavy atom. The molecule has 2 heterocycles. The molecule has 6 rings (SSSR count). The molecule has 0 amide bonds. The normalized spacial score (nSPS) is 13.4. The van der Waals surface area contributed by atoms with Crippen LogP contribution in [0.2, 0.25) is 0 Å². The summed E-state index contributed by atoms with van der Waals surface area (Å²) in [6, 6.07) is 26.2. The van der Waals surface area contributed by atoms with Crippen LogP contribution < -0.4 is 18.9 Å². The number of hydrogen-bond donors (Lipinski definition) is 0. The predicted octanol–water partition coefficient (Wildman–Crippen LogP) is 7.43. The van der Waals surface area contributed by atoms with Gasteiger partial charge in [0.1, 0.15) is 0 Å². The minimum absolute atomic E-state index is 0.334. The van der Waals surface area contributed by atoms with Crippen molar-refractivity contribution >= 4 is 10.8 Å². The fourth-order valence-electron chi connectivity index (χ4n) is 5.40. The van der Waals surface area contributed by atoms with E-state index in [1.54, 1.807) is 0 Å². The van der Waals surface area contributed by atoms with E-state index in [9.17, 15) is 0 Å². The van der Waals surface area contributed by atoms with Gasteiger partial charge in [0.25, 0.3) is 0 Å². The second kappa shape index (κ2) is 10.5. The van der Waals surface area contributed by atoms with Crippen LogP contribution in [0.3, 0.4) is 0 Å². The SMILES string of the molecule is c1cc(CCCCc2ccc3c(c2)OCO3)c2c(CCCCc3ccc4c(c3)OCO4)cccc2c1. The van der Waals surface area contributed by atoms with Crippen LogP contribution in [0.15, 0.2) is 72.8 Å². The second-order valence-corrected chi connectivity index (χ2v) is 9.72. The monoisotopic (exact) mass is 480 g/mol. The first-order valence-electron chi connectivity index (χ1n) is 13.1. The van der Waals surface area contributed by atoms with Crippen molar-refractivity contribution in [2.24, 2.45) is 0 Å². The number of rotatable bonds is 10. The predicted molar refractivity (Wildman–Crippen MR) is 142 cm³/mol. The third-order valence-electron chi connectivity index (χ3n) is 7.27. The maximum Gasteiger partial charge on any atom is 0.231 e. The Morgan fingerprint density at radius 3 is 1.47 bits per heavy atom. The van der Waals surface area contributed by atoms with E-state index in [1.165, 1.54) is 45.9 Å². The van der Waals surface area contributed by atoms with E-state index in [-0.39, 0.29) is 0 Å². The fraction of sp³-hybridized carbons (Fsp3) is 0.312. The van der Waals surface area contributed by atoms with Crippen molar-refractivity contribution in [1.82, 2.24) is 0 Å². The molecule has 36 heavy (non-hydrogen) atoms. The highest BCUT2D eigenvalue weighted by Gasteiger charge is 2.14. The number of unbranched alkanes of at least 4 members (excludes halogenated alkanes) is 2. The minimum Gasteiger partial charge on any atom is -0.454 e. The summed E-state index contributed by atoms with van der Waals surface area (Å²) in [6.45, 7) is 0.668. The molecule has 4 aromatic rings. The van der Waals surface area contributed by atoms with Gasteiger partial charge in [0.05, 0.1) is 0 Å². The van der Waals surface area contributed by atoms with Crippen LogP contribution in [-0.2, 0) is 25.7 Å². The van der Waals surface area contributed by atoms with E-state index in [1.807, 2.05) is 12.1 Å². The van der Waals surface area contributed by atoms with Gasteiger partial charge in [0.2, 0.25) is 13.6 Å². The van der Waals surface area contributed by atoms with Crippen molar-refractivity contribution in [3.05, 3.63) is 95.1 Å². The lowest BCUT2D eigenvalue weighted by molar-refractivity contribution is 0.173. The average Bonchev–Trinajstić information content (AvgIpc) is 3.58. The van der Waals surface area contributed by atoms with Crippen molar-refractivity contribution in [1.29, 1.82) is 0 Å². The lowest BCUT2D eigenvalue weighted by Gasteiger charge is -2.12. The van der Waals surface area contributed by atoms with Gasteiger partial charge in [0.15, 0.2) is 23.0 Å². The van der Waals surface area contributed by atoms with E-state index in [2.05, 4.69) is 60.7 Å². The Labute approximate surface area is 212 Å². The molecule has 4 nitrogen and oxygen atoms in total. The van der Waals surface area contributed by atoms with E-state index in [4.69, 9.17) is 18.9 Å². The molecule has 0 radical (unpaired) electrons. The largest absolute Gasteiger partial charge is 0.454 e. The van der Waals surface area contributed by atoms with Gasteiger partial charge in [-0.2, -0.15) is 0 Å². The molecule has 2 aliphatic heterocycles. The quantitative estimate of drug-likeness (QED) is 0.221. The Balaban J connectivity index is 1.05. The number of fused-ring (bicyclic) bond motifs is 3. The first kappa shape index (κ1) is 22.8. The first-order valence-corrected chi connectivity index (χ1v) is 13.1. The Morgan fingerprint density at radius 1 is 0.472 bits per heavy atom. The summed E-state index contributed by atoms with van der Waals surface area (Å²) < 4.78 is 21.9. The summed E-state index contributed by atoms with van der Waals surface area (Å²) in [5, 5.41) is 2.82. The van der Waals surface area contributed by atoms with E-state index < -0.39 is 0 Å². The summed E-state index contributed by atoms with van der Waals surface area (Å²) in [5.74, 6) is 3.48. The van der Waals surface area contributed by atoms with Crippen molar-refractivity contribution in [3.8, 4) is 23.0 Å². The number of ether oxygens (including phenoxy) is 4. The molecule has 0 atom stereocenters. The molecule has 0 unspecified atom stereocenters. The molecule has 0 N–H and O–H groups in total. The van der Waals surface area contributed by atoms with Gasteiger partial charge in [-0.15, -0.1) is 0 Å². The zero-order valence-electron chi connectivity index (χ0n) is 20.6. The molecular weight excluding hydrogens is 448 g/mol. The zero-order valence-corrected chi connectivity index (χ0v) is 20.6. The van der Waals surface area contributed by atoms with E-state index >= 15 is 0 Å². The van der Waals surface area contributed by atoms with Crippen LogP contribution in [-0.4, -0.2) is 13.6 Å². The minimum atomic E-state index is 0.334. The zero-order chi connectivity index (χ0) is 24.2. The van der Waals surface area contributed by atoms with Gasteiger partial charge in [-0.1, -0.05) is 48.5 Å². The number of hydrogen-bond acceptors (Lipinski definition) is 4. The van der Waals surface area contributed by atoms with Gasteiger partial charge >= 0.3 is 0 Å². The molecule has 0 saturated heterocycles. The molecule has 4 aromatic carbocycles. The highest BCUT2D eigenvalue weighted by Crippen LogP contribution is 2.34. The Hall–Kier alpha value is -3.66. The number of aryl methyl sites for hydroxylation is 4. The van der Waals surface area contributed by atoms with E-state index in [0.717, 1.165) is 61.5 Å². The third-order valence-corrected chi connectivity index (χ3v) is 7.27. The van der Waals surface area contributed by atoms with Gasteiger partial charge < -0.3 is 18.9 Å². The van der Waals surface area contributed by atoms with Crippen molar-refractivity contribution in [2.45, 2.75) is 51.4 Å². The smallest absolute Gasteiger partial charge is 0.231 e. The molecule has 0 aliphatic carbocycles. The molecule has 0 bridgehead atoms. The number of benzene rings is 4. The maximum atomic E-state index is 5.53. The first-order chi connectivity index (χ1) is 17.8. The van der Waals surface area contributed by atoms with Crippen LogP contribution in [0.5, 0.6) is 23.0 Å². The van der Waals surface area contributed by atoms with Crippen molar-refractivity contribution < 1.29 is 18.9 Å². The molecule has 0 saturated carbocycles. The van der Waals surface area contributed by atoms with Gasteiger partial charge in [-0.05, 0) is 109 Å². The standard InChI is InChI=1S/C32H32O4/c1(7-23-15-17-28-30(19-23)35-21-33-28)3-9-25-11-5-13-27-14-6-12-26(32(25)27)10-4-2-8-24-16-18-29-31(20-24)36-22-34-29/h5-6,11-20H,1-4,7-10,21-22H2. The fourth-order valence-corrected chi connectivity index (χ4v) is 5.40. The topological polar surface area (TPSA) is 36.9 Å². The molecule has 184 valence electrons. The van der Waals surface area contributed by atoms with Crippen LogP contribution in [0, 0.1) is 0 Å². The molecule has 0 aromatic heterocycles. The van der Waals surface area contributed by atoms with Crippen LogP contribution in [0.4, 0.5) is 0 Å². The van der Waals surface area contributed by atoms with Crippen molar-refractivity contribution in [3.63, 3.8) is 0 Å². The van der Waals surface area contributed by atoms with E-state index in [0.29, 0.717) is 13.6 Å². The summed E-state index contributed by atoms with van der Waals surface area (Å²) in [6.07, 6.45) is 9.01. The van der Waals surface area contributed by atoms with Gasteiger partial charge in [0, 0.05) is 0 Å². The molecular formula is C32H32O4. The maximum absolute atomic E-state index is 5.53. The second-order valence-electron chi connectivity index (χ2n) is 9.72. The molecule has 4 heteroatoms. The van der Waals surface area contributed by atoms with Crippen LogP contribution in [0.1, 0.15) is 47.9 Å². The van der Waals surface area contributed by atoms with Gasteiger partial charge in [-0.3, -0.25) is 0 Å². The van der Waals surface area contributed by atoms with Crippen LogP contribution >= 0.6 is 0 Å². The van der Waals surface area contributed by atoms with Gasteiger partial charge in [-0.25, -0.2) is 0 Å². The lowest BCUT2D eigenvalue weighted by atomic mass is 9.93. The molecule has 2 aliphatic rings. The summed E-state index contributed by atoms with van der Waals surface area (Å²) in [4.78, 5) is 0. The Kier molecular flexibility index (Phi) is 6.66. The highest BCUT2D eigenvalue weighted by atomic mass is 16.7. The molecule has 0 fully saturated rings. The lowest BCUT2D eigenvalue weighted by Crippen LogP contribution is -1.96. The average molecular weight is 481 g/mol. The summed E-state index contributed by atoms with van der Waals surface area (Å²) in [5.41, 5.74) is 5.59. The highest BCUT2D eigenvalue weighted by molar-refractivity contribution is 5.89. The summed E-state index contributed by atoms with van der Waals surface area (Å²) >= 11 is 0. The summed E-state index contributed by atoms with van der Waals surface area (Å²) in [7, 11) is 0. The Bertz CT molecular complexity index is 1260. The molecule has 0 spiro atoms. The van der Waals surface area contributed by atoms with Crippen LogP contribution in [0.25, 0.3) is 10.8 Å².